The topological polar surface area (TPSA) is 91.9 Å². The Morgan fingerprint density at radius 2 is 1.94 bits per heavy atom. The molecule has 2 atom stereocenters. The van der Waals surface area contributed by atoms with Gasteiger partial charge in [0.2, 0.25) is 0 Å². The fourth-order valence-electron chi connectivity index (χ4n) is 4.87. The molecule has 0 fully saturated rings. The van der Waals surface area contributed by atoms with Crippen LogP contribution < -0.4 is 14.4 Å². The standard InChI is InChI=1S/C29H28N2O5/c1-18-15-19(35-17-20-16-31(3)25-9-4-5-10-26(25)36-20)11-12-21(18)27(32)29(2,28(33)34)23-7-6-8-24-22(23)13-14-30-24/h4-15,20,30H,16-17H2,1-3H3,(H,33,34)/t20-,29?/m0/s1. The number of hydrogen-bond acceptors (Lipinski definition) is 5. The van der Waals surface area contributed by atoms with Gasteiger partial charge in [0, 0.05) is 29.7 Å². The Morgan fingerprint density at radius 3 is 2.72 bits per heavy atom. The van der Waals surface area contributed by atoms with Gasteiger partial charge in [0.05, 0.1) is 12.2 Å². The Labute approximate surface area is 209 Å². The molecule has 7 heteroatoms. The molecule has 1 unspecified atom stereocenters. The van der Waals surface area contributed by atoms with Gasteiger partial charge >= 0.3 is 5.97 Å². The minimum absolute atomic E-state index is 0.149. The van der Waals surface area contributed by atoms with Gasteiger partial charge in [-0.25, -0.2) is 0 Å². The van der Waals surface area contributed by atoms with Crippen molar-refractivity contribution in [1.82, 2.24) is 4.98 Å². The number of aliphatic carboxylic acids is 1. The van der Waals surface area contributed by atoms with Crippen molar-refractivity contribution in [3.63, 3.8) is 0 Å². The summed E-state index contributed by atoms with van der Waals surface area (Å²) < 4.78 is 12.1. The maximum atomic E-state index is 13.7. The number of H-pyrrole nitrogens is 1. The van der Waals surface area contributed by atoms with Crippen LogP contribution in [-0.2, 0) is 10.2 Å². The number of aryl methyl sites for hydroxylation is 1. The predicted octanol–water partition coefficient (Wildman–Crippen LogP) is 4.98. The van der Waals surface area contributed by atoms with E-state index in [1.165, 1.54) is 6.92 Å². The summed E-state index contributed by atoms with van der Waals surface area (Å²) in [5.41, 5.74) is 1.54. The molecule has 3 aromatic carbocycles. The summed E-state index contributed by atoms with van der Waals surface area (Å²) in [5, 5.41) is 10.9. The van der Waals surface area contributed by atoms with Crippen LogP contribution in [0.15, 0.2) is 72.9 Å². The highest BCUT2D eigenvalue weighted by Crippen LogP contribution is 2.36. The zero-order chi connectivity index (χ0) is 25.4. The van der Waals surface area contributed by atoms with E-state index in [0.29, 0.717) is 41.0 Å². The minimum atomic E-state index is -1.75. The van der Waals surface area contributed by atoms with E-state index in [0.717, 1.165) is 17.0 Å². The molecule has 36 heavy (non-hydrogen) atoms. The number of aromatic nitrogens is 1. The van der Waals surface area contributed by atoms with Crippen LogP contribution in [0.2, 0.25) is 0 Å². The number of carboxylic acid groups (broad SMARTS) is 1. The summed E-state index contributed by atoms with van der Waals surface area (Å²) in [6.45, 7) is 4.29. The Kier molecular flexibility index (Phi) is 5.92. The number of nitrogens with one attached hydrogen (secondary N) is 1. The first-order valence-electron chi connectivity index (χ1n) is 11.8. The van der Waals surface area contributed by atoms with Crippen LogP contribution in [0.1, 0.15) is 28.4 Å². The van der Waals surface area contributed by atoms with Crippen molar-refractivity contribution in [3.05, 3.63) is 89.6 Å². The predicted molar refractivity (Wildman–Crippen MR) is 138 cm³/mol. The number of benzene rings is 3. The SMILES string of the molecule is Cc1cc(OC[C@@H]2CN(C)c3ccccc3O2)ccc1C(=O)C(C)(C(=O)O)c1cccc2[nH]ccc12. The maximum Gasteiger partial charge on any atom is 0.321 e. The number of rotatable bonds is 7. The molecule has 184 valence electrons. The third kappa shape index (κ3) is 3.96. The van der Waals surface area contributed by atoms with E-state index < -0.39 is 17.2 Å². The fraction of sp³-hybridized carbons (Fsp3) is 0.241. The molecule has 0 bridgehead atoms. The average Bonchev–Trinajstić information content (AvgIpc) is 3.36. The fourth-order valence-corrected chi connectivity index (χ4v) is 4.87. The van der Waals surface area contributed by atoms with Crippen molar-refractivity contribution in [2.45, 2.75) is 25.4 Å². The number of likely N-dealkylation sites (N-methyl/N-ethyl adjacent to an activating group) is 1. The highest BCUT2D eigenvalue weighted by molar-refractivity contribution is 6.18. The normalized spacial score (nSPS) is 16.6. The van der Waals surface area contributed by atoms with Crippen LogP contribution in [0, 0.1) is 6.92 Å². The average molecular weight is 485 g/mol. The molecule has 2 N–H and O–H groups in total. The van der Waals surface area contributed by atoms with Crippen molar-refractivity contribution >= 4 is 28.3 Å². The van der Waals surface area contributed by atoms with Gasteiger partial charge in [-0.2, -0.15) is 0 Å². The molecule has 0 amide bonds. The molecule has 4 aromatic rings. The Hall–Kier alpha value is -4.26. The summed E-state index contributed by atoms with van der Waals surface area (Å²) in [5.74, 6) is -0.248. The van der Waals surface area contributed by atoms with E-state index in [1.807, 2.05) is 37.4 Å². The second-order valence-electron chi connectivity index (χ2n) is 9.38. The highest BCUT2D eigenvalue weighted by atomic mass is 16.5. The van der Waals surface area contributed by atoms with Crippen molar-refractivity contribution in [1.29, 1.82) is 0 Å². The monoisotopic (exact) mass is 484 g/mol. The third-order valence-electron chi connectivity index (χ3n) is 6.94. The van der Waals surface area contributed by atoms with Gasteiger partial charge in [0.25, 0.3) is 0 Å². The van der Waals surface area contributed by atoms with E-state index in [1.54, 1.807) is 49.5 Å². The Morgan fingerprint density at radius 1 is 1.14 bits per heavy atom. The lowest BCUT2D eigenvalue weighted by molar-refractivity contribution is -0.141. The molecule has 0 radical (unpaired) electrons. The first kappa shape index (κ1) is 23.5. The summed E-state index contributed by atoms with van der Waals surface area (Å²) in [7, 11) is 2.02. The second-order valence-corrected chi connectivity index (χ2v) is 9.38. The van der Waals surface area contributed by atoms with Gasteiger partial charge < -0.3 is 24.5 Å². The number of hydrogen-bond donors (Lipinski definition) is 2. The molecule has 0 saturated carbocycles. The van der Waals surface area contributed by atoms with Gasteiger partial charge in [-0.05, 0) is 67.4 Å². The molecule has 1 aliphatic heterocycles. The molecule has 5 rings (SSSR count). The number of anilines is 1. The highest BCUT2D eigenvalue weighted by Gasteiger charge is 2.45. The van der Waals surface area contributed by atoms with Crippen LogP contribution in [0.3, 0.4) is 0 Å². The largest absolute Gasteiger partial charge is 0.490 e. The van der Waals surface area contributed by atoms with Crippen LogP contribution in [-0.4, -0.2) is 48.1 Å². The van der Waals surface area contributed by atoms with Crippen molar-refractivity contribution in [3.8, 4) is 11.5 Å². The summed E-state index contributed by atoms with van der Waals surface area (Å²) in [6.07, 6.45) is 1.59. The number of carboxylic acids is 1. The number of aromatic amines is 1. The first-order chi connectivity index (χ1) is 17.3. The summed E-state index contributed by atoms with van der Waals surface area (Å²) in [4.78, 5) is 31.4. The summed E-state index contributed by atoms with van der Waals surface area (Å²) in [6, 6.07) is 20.1. The molecule has 1 aromatic heterocycles. The molecule has 0 saturated heterocycles. The minimum Gasteiger partial charge on any atom is -0.490 e. The number of para-hydroxylation sites is 2. The van der Waals surface area contributed by atoms with E-state index in [4.69, 9.17) is 9.47 Å². The first-order valence-corrected chi connectivity index (χ1v) is 11.8. The van der Waals surface area contributed by atoms with Gasteiger partial charge in [-0.1, -0.05) is 24.3 Å². The van der Waals surface area contributed by atoms with Gasteiger partial charge in [-0.15, -0.1) is 0 Å². The maximum absolute atomic E-state index is 13.7. The smallest absolute Gasteiger partial charge is 0.321 e. The number of nitrogens with zero attached hydrogens (tertiary/aromatic N) is 1. The lowest BCUT2D eigenvalue weighted by atomic mass is 9.74. The number of ether oxygens (including phenoxy) is 2. The molecular formula is C29H28N2O5. The zero-order valence-electron chi connectivity index (χ0n) is 20.4. The van der Waals surface area contributed by atoms with Gasteiger partial charge in [0.15, 0.2) is 11.2 Å². The lowest BCUT2D eigenvalue weighted by Gasteiger charge is -2.33. The van der Waals surface area contributed by atoms with Crippen molar-refractivity contribution in [2.75, 3.05) is 25.1 Å². The second kappa shape index (κ2) is 9.07. The molecule has 2 heterocycles. The number of carbonyl (C=O) groups excluding carboxylic acids is 1. The van der Waals surface area contributed by atoms with Gasteiger partial charge in [0.1, 0.15) is 24.2 Å². The Balaban J connectivity index is 1.36. The molecule has 7 nitrogen and oxygen atoms in total. The number of Topliss-reactive ketones (excluding diaryl/α,β-unsaturated/α-hetero) is 1. The molecule has 1 aliphatic rings. The van der Waals surface area contributed by atoms with Gasteiger partial charge in [-0.3, -0.25) is 9.59 Å². The Bertz CT molecular complexity index is 1460. The summed E-state index contributed by atoms with van der Waals surface area (Å²) >= 11 is 0. The molecular weight excluding hydrogens is 456 g/mol. The van der Waals surface area contributed by atoms with Crippen molar-refractivity contribution < 1.29 is 24.2 Å². The molecule has 0 aliphatic carbocycles. The van der Waals surface area contributed by atoms with Crippen molar-refractivity contribution in [2.24, 2.45) is 0 Å². The number of fused-ring (bicyclic) bond motifs is 2. The van der Waals surface area contributed by atoms with E-state index >= 15 is 0 Å². The van der Waals surface area contributed by atoms with Crippen LogP contribution in [0.5, 0.6) is 11.5 Å². The van der Waals surface area contributed by atoms with Crippen LogP contribution in [0.4, 0.5) is 5.69 Å². The van der Waals surface area contributed by atoms with E-state index in [2.05, 4.69) is 9.88 Å². The number of ketones is 1. The molecule has 0 spiro atoms. The van der Waals surface area contributed by atoms with E-state index in [9.17, 15) is 14.7 Å². The number of carbonyl (C=O) groups is 2. The third-order valence-corrected chi connectivity index (χ3v) is 6.94. The van der Waals surface area contributed by atoms with E-state index in [-0.39, 0.29) is 6.10 Å². The zero-order valence-corrected chi connectivity index (χ0v) is 20.4. The lowest BCUT2D eigenvalue weighted by Crippen LogP contribution is -2.41. The quantitative estimate of drug-likeness (QED) is 0.284. The van der Waals surface area contributed by atoms with Crippen LogP contribution in [0.25, 0.3) is 10.9 Å². The van der Waals surface area contributed by atoms with Crippen LogP contribution >= 0.6 is 0 Å².